The van der Waals surface area contributed by atoms with E-state index in [9.17, 15) is 0 Å². The number of nitrogens with one attached hydrogen (secondary N) is 1. The molecule has 0 spiro atoms. The summed E-state index contributed by atoms with van der Waals surface area (Å²) >= 11 is 0. The van der Waals surface area contributed by atoms with E-state index in [1.165, 1.54) is 16.5 Å². The van der Waals surface area contributed by atoms with E-state index >= 15 is 0 Å². The van der Waals surface area contributed by atoms with Crippen molar-refractivity contribution in [3.8, 4) is 0 Å². The van der Waals surface area contributed by atoms with Crippen molar-refractivity contribution in [2.24, 2.45) is 0 Å². The van der Waals surface area contributed by atoms with Crippen molar-refractivity contribution in [3.05, 3.63) is 42.5 Å². The van der Waals surface area contributed by atoms with Crippen molar-refractivity contribution >= 4 is 16.5 Å². The van der Waals surface area contributed by atoms with E-state index in [2.05, 4.69) is 59.6 Å². The van der Waals surface area contributed by atoms with Crippen molar-refractivity contribution in [2.75, 3.05) is 44.8 Å². The number of hydrogen-bond donors (Lipinski definition) is 1. The Labute approximate surface area is 127 Å². The zero-order chi connectivity index (χ0) is 14.9. The Morgan fingerprint density at radius 3 is 2.67 bits per heavy atom. The van der Waals surface area contributed by atoms with Gasteiger partial charge in [0.25, 0.3) is 0 Å². The van der Waals surface area contributed by atoms with Crippen molar-refractivity contribution in [3.63, 3.8) is 0 Å². The summed E-state index contributed by atoms with van der Waals surface area (Å²) in [6.45, 7) is 7.10. The fourth-order valence-electron chi connectivity index (χ4n) is 2.61. The second-order valence-electron chi connectivity index (χ2n) is 5.17. The number of fused-ring (bicyclic) bond motifs is 1. The van der Waals surface area contributed by atoms with E-state index in [1.807, 2.05) is 0 Å². The fraction of sp³-hybridized carbons (Fsp3) is 0.444. The van der Waals surface area contributed by atoms with Crippen LogP contribution >= 0.6 is 0 Å². The zero-order valence-electron chi connectivity index (χ0n) is 13.1. The first-order valence-corrected chi connectivity index (χ1v) is 7.79. The van der Waals surface area contributed by atoms with E-state index in [-0.39, 0.29) is 0 Å². The summed E-state index contributed by atoms with van der Waals surface area (Å²) in [5.41, 5.74) is 1.33. The van der Waals surface area contributed by atoms with E-state index in [4.69, 9.17) is 4.74 Å². The molecule has 0 atom stereocenters. The van der Waals surface area contributed by atoms with Gasteiger partial charge in [-0.3, -0.25) is 0 Å². The van der Waals surface area contributed by atoms with Crippen LogP contribution in [0.3, 0.4) is 0 Å². The van der Waals surface area contributed by atoms with Crippen LogP contribution in [-0.4, -0.2) is 39.9 Å². The lowest BCUT2D eigenvalue weighted by atomic mass is 10.1. The van der Waals surface area contributed by atoms with Crippen LogP contribution in [0.1, 0.15) is 13.3 Å². The molecule has 0 unspecified atom stereocenters. The molecule has 0 bridgehead atoms. The SMILES string of the molecule is CCN(CCNCCCOC)c1cccc2ccccc12. The Morgan fingerprint density at radius 1 is 1.05 bits per heavy atom. The average molecular weight is 286 g/mol. The predicted molar refractivity (Wildman–Crippen MR) is 91.2 cm³/mol. The Morgan fingerprint density at radius 2 is 1.86 bits per heavy atom. The molecule has 0 fully saturated rings. The molecule has 0 amide bonds. The van der Waals surface area contributed by atoms with Gasteiger partial charge in [0, 0.05) is 44.4 Å². The molecule has 0 aliphatic carbocycles. The minimum absolute atomic E-state index is 0.827. The lowest BCUT2D eigenvalue weighted by Gasteiger charge is -2.25. The monoisotopic (exact) mass is 286 g/mol. The average Bonchev–Trinajstić information content (AvgIpc) is 2.54. The third kappa shape index (κ3) is 4.45. The molecule has 0 aliphatic heterocycles. The van der Waals surface area contributed by atoms with Gasteiger partial charge in [-0.05, 0) is 31.3 Å². The van der Waals surface area contributed by atoms with Crippen LogP contribution in [-0.2, 0) is 4.74 Å². The van der Waals surface area contributed by atoms with E-state index in [0.29, 0.717) is 0 Å². The lowest BCUT2D eigenvalue weighted by molar-refractivity contribution is 0.194. The normalized spacial score (nSPS) is 11.0. The van der Waals surface area contributed by atoms with Gasteiger partial charge in [0.2, 0.25) is 0 Å². The Bertz CT molecular complexity index is 536. The van der Waals surface area contributed by atoms with Crippen molar-refractivity contribution in [1.29, 1.82) is 0 Å². The quantitative estimate of drug-likeness (QED) is 0.716. The third-order valence-electron chi connectivity index (χ3n) is 3.75. The number of ether oxygens (including phenoxy) is 1. The number of nitrogens with zero attached hydrogens (tertiary/aromatic N) is 1. The van der Waals surface area contributed by atoms with Gasteiger partial charge < -0.3 is 15.0 Å². The van der Waals surface area contributed by atoms with Gasteiger partial charge in [-0.25, -0.2) is 0 Å². The highest BCUT2D eigenvalue weighted by molar-refractivity contribution is 5.94. The Hall–Kier alpha value is -1.58. The standard InChI is InChI=1S/C18H26N2O/c1-3-20(14-13-19-12-7-15-21-2)18-11-6-9-16-8-4-5-10-17(16)18/h4-6,8-11,19H,3,7,12-15H2,1-2H3. The zero-order valence-corrected chi connectivity index (χ0v) is 13.1. The first-order chi connectivity index (χ1) is 10.4. The number of methoxy groups -OCH3 is 1. The molecule has 2 aromatic rings. The summed E-state index contributed by atoms with van der Waals surface area (Å²) in [5, 5.41) is 6.12. The maximum atomic E-state index is 5.06. The molecular weight excluding hydrogens is 260 g/mol. The van der Waals surface area contributed by atoms with Crippen molar-refractivity contribution < 1.29 is 4.74 Å². The van der Waals surface area contributed by atoms with Crippen LogP contribution in [0.15, 0.2) is 42.5 Å². The molecular formula is C18H26N2O. The highest BCUT2D eigenvalue weighted by Crippen LogP contribution is 2.26. The van der Waals surface area contributed by atoms with Gasteiger partial charge in [-0.15, -0.1) is 0 Å². The molecule has 2 rings (SSSR count). The molecule has 0 aromatic heterocycles. The van der Waals surface area contributed by atoms with Crippen molar-refractivity contribution in [2.45, 2.75) is 13.3 Å². The number of anilines is 1. The highest BCUT2D eigenvalue weighted by Gasteiger charge is 2.07. The Balaban J connectivity index is 1.96. The number of likely N-dealkylation sites (N-methyl/N-ethyl adjacent to an activating group) is 1. The number of hydrogen-bond acceptors (Lipinski definition) is 3. The van der Waals surface area contributed by atoms with Gasteiger partial charge in [0.1, 0.15) is 0 Å². The summed E-state index contributed by atoms with van der Waals surface area (Å²) in [7, 11) is 1.75. The lowest BCUT2D eigenvalue weighted by Crippen LogP contribution is -2.32. The molecule has 21 heavy (non-hydrogen) atoms. The van der Waals surface area contributed by atoms with Crippen LogP contribution in [0.5, 0.6) is 0 Å². The summed E-state index contributed by atoms with van der Waals surface area (Å²) in [5.74, 6) is 0. The van der Waals surface area contributed by atoms with E-state index < -0.39 is 0 Å². The summed E-state index contributed by atoms with van der Waals surface area (Å²) in [4.78, 5) is 2.44. The molecule has 0 radical (unpaired) electrons. The molecule has 0 saturated carbocycles. The molecule has 3 heteroatoms. The summed E-state index contributed by atoms with van der Waals surface area (Å²) in [6.07, 6.45) is 1.07. The van der Waals surface area contributed by atoms with Crippen LogP contribution < -0.4 is 10.2 Å². The third-order valence-corrected chi connectivity index (χ3v) is 3.75. The summed E-state index contributed by atoms with van der Waals surface area (Å²) < 4.78 is 5.06. The van der Waals surface area contributed by atoms with Crippen LogP contribution in [0.4, 0.5) is 5.69 Å². The highest BCUT2D eigenvalue weighted by atomic mass is 16.5. The maximum Gasteiger partial charge on any atom is 0.0474 e. The predicted octanol–water partition coefficient (Wildman–Crippen LogP) is 3.29. The molecule has 1 N–H and O–H groups in total. The van der Waals surface area contributed by atoms with Gasteiger partial charge in [0.15, 0.2) is 0 Å². The minimum atomic E-state index is 0.827. The maximum absolute atomic E-state index is 5.06. The minimum Gasteiger partial charge on any atom is -0.385 e. The Kier molecular flexibility index (Phi) is 6.51. The van der Waals surface area contributed by atoms with Crippen molar-refractivity contribution in [1.82, 2.24) is 5.32 Å². The second-order valence-corrected chi connectivity index (χ2v) is 5.17. The van der Waals surface area contributed by atoms with Crippen LogP contribution in [0.25, 0.3) is 10.8 Å². The molecule has 0 saturated heterocycles. The van der Waals surface area contributed by atoms with Gasteiger partial charge in [-0.2, -0.15) is 0 Å². The largest absolute Gasteiger partial charge is 0.385 e. The second kappa shape index (κ2) is 8.65. The van der Waals surface area contributed by atoms with Gasteiger partial charge in [0.05, 0.1) is 0 Å². The first kappa shape index (κ1) is 15.8. The van der Waals surface area contributed by atoms with E-state index in [0.717, 1.165) is 39.2 Å². The van der Waals surface area contributed by atoms with Crippen LogP contribution in [0.2, 0.25) is 0 Å². The fourth-order valence-corrected chi connectivity index (χ4v) is 2.61. The molecule has 2 aromatic carbocycles. The molecule has 0 heterocycles. The summed E-state index contributed by atoms with van der Waals surface area (Å²) in [6, 6.07) is 15.1. The molecule has 3 nitrogen and oxygen atoms in total. The van der Waals surface area contributed by atoms with Gasteiger partial charge >= 0.3 is 0 Å². The smallest absolute Gasteiger partial charge is 0.0474 e. The first-order valence-electron chi connectivity index (χ1n) is 7.79. The topological polar surface area (TPSA) is 24.5 Å². The molecule has 0 aliphatic rings. The number of rotatable bonds is 9. The number of benzene rings is 2. The van der Waals surface area contributed by atoms with Crippen LogP contribution in [0, 0.1) is 0 Å². The van der Waals surface area contributed by atoms with Gasteiger partial charge in [-0.1, -0.05) is 36.4 Å². The van der Waals surface area contributed by atoms with E-state index in [1.54, 1.807) is 7.11 Å². The molecule has 114 valence electrons.